The van der Waals surface area contributed by atoms with Crippen LogP contribution in [0.3, 0.4) is 0 Å². The lowest BCUT2D eigenvalue weighted by atomic mass is 10.1. The van der Waals surface area contributed by atoms with Crippen LogP contribution in [0.15, 0.2) is 67.0 Å². The number of carbonyl (C=O) groups is 1. The van der Waals surface area contributed by atoms with Gasteiger partial charge in [-0.15, -0.1) is 0 Å². The molecular formula is C25H24N6O4. The molecule has 0 saturated carbocycles. The van der Waals surface area contributed by atoms with Gasteiger partial charge in [0.1, 0.15) is 17.7 Å². The number of methoxy groups -OCH3 is 1. The third-order valence-electron chi connectivity index (χ3n) is 5.68. The first-order valence-corrected chi connectivity index (χ1v) is 11.0. The van der Waals surface area contributed by atoms with Crippen LogP contribution in [-0.4, -0.2) is 56.6 Å². The number of benzene rings is 1. The minimum absolute atomic E-state index is 0.130. The summed E-state index contributed by atoms with van der Waals surface area (Å²) in [4.78, 5) is 22.6. The summed E-state index contributed by atoms with van der Waals surface area (Å²) in [5, 5.41) is 16.1. The van der Waals surface area contributed by atoms with Gasteiger partial charge in [0.25, 0.3) is 0 Å². The van der Waals surface area contributed by atoms with Gasteiger partial charge in [-0.05, 0) is 36.9 Å². The van der Waals surface area contributed by atoms with Crippen molar-refractivity contribution in [3.8, 4) is 22.9 Å². The van der Waals surface area contributed by atoms with Crippen LogP contribution >= 0.6 is 0 Å². The van der Waals surface area contributed by atoms with Crippen LogP contribution in [0, 0.1) is 0 Å². The second-order valence-corrected chi connectivity index (χ2v) is 8.21. The third-order valence-corrected chi connectivity index (χ3v) is 5.68. The Labute approximate surface area is 201 Å². The van der Waals surface area contributed by atoms with Gasteiger partial charge in [-0.3, -0.25) is 4.90 Å². The van der Waals surface area contributed by atoms with E-state index in [4.69, 9.17) is 19.6 Å². The Morgan fingerprint density at radius 2 is 1.89 bits per heavy atom. The van der Waals surface area contributed by atoms with Crippen LogP contribution in [0.5, 0.6) is 11.8 Å². The Hall–Kier alpha value is -4.44. The zero-order chi connectivity index (χ0) is 24.4. The number of hydrogen-bond acceptors (Lipinski definition) is 8. The Morgan fingerprint density at radius 3 is 2.63 bits per heavy atom. The molecule has 4 heterocycles. The fraction of sp³-hybridized carbons (Fsp3) is 0.200. The molecule has 10 nitrogen and oxygen atoms in total. The number of nitrogens with one attached hydrogen (secondary N) is 1. The number of ether oxygens (including phenoxy) is 2. The average Bonchev–Trinajstić information content (AvgIpc) is 3.29. The van der Waals surface area contributed by atoms with Crippen molar-refractivity contribution >= 4 is 17.7 Å². The maximum Gasteiger partial charge on any atom is 0.432 e. The number of rotatable bonds is 5. The smallest absolute Gasteiger partial charge is 0.432 e. The molecule has 1 aliphatic heterocycles. The second kappa shape index (κ2) is 9.43. The number of pyridine rings is 2. The van der Waals surface area contributed by atoms with Gasteiger partial charge in [0.05, 0.1) is 13.3 Å². The zero-order valence-corrected chi connectivity index (χ0v) is 19.3. The molecule has 0 fully saturated rings. The molecule has 0 aliphatic carbocycles. The maximum absolute atomic E-state index is 11.1. The van der Waals surface area contributed by atoms with E-state index in [2.05, 4.69) is 39.5 Å². The molecule has 5 rings (SSSR count). The van der Waals surface area contributed by atoms with Crippen LogP contribution in [0.25, 0.3) is 11.1 Å². The summed E-state index contributed by atoms with van der Waals surface area (Å²) in [5.41, 5.74) is 3.31. The van der Waals surface area contributed by atoms with E-state index in [0.717, 1.165) is 28.9 Å². The van der Waals surface area contributed by atoms with Gasteiger partial charge in [-0.1, -0.05) is 30.3 Å². The van der Waals surface area contributed by atoms with Crippen LogP contribution in [-0.2, 0) is 6.54 Å². The summed E-state index contributed by atoms with van der Waals surface area (Å²) in [5.74, 6) is 2.02. The first-order valence-electron chi connectivity index (χ1n) is 11.0. The van der Waals surface area contributed by atoms with E-state index in [1.807, 2.05) is 30.3 Å². The minimum Gasteiger partial charge on any atom is -0.480 e. The van der Waals surface area contributed by atoms with Crippen LogP contribution in [0.2, 0.25) is 0 Å². The van der Waals surface area contributed by atoms with Gasteiger partial charge >= 0.3 is 6.09 Å². The number of hydrogen-bond donors (Lipinski definition) is 2. The molecule has 4 aromatic rings. The topological polar surface area (TPSA) is 115 Å². The number of carboxylic acid groups (broad SMARTS) is 1. The van der Waals surface area contributed by atoms with E-state index in [9.17, 15) is 4.79 Å². The van der Waals surface area contributed by atoms with Crippen molar-refractivity contribution in [2.45, 2.75) is 12.6 Å². The maximum atomic E-state index is 11.1. The highest BCUT2D eigenvalue weighted by molar-refractivity contribution is 5.73. The number of aromatic nitrogens is 4. The van der Waals surface area contributed by atoms with E-state index in [0.29, 0.717) is 34.5 Å². The van der Waals surface area contributed by atoms with Gasteiger partial charge in [0, 0.05) is 36.0 Å². The number of likely N-dealkylation sites (N-methyl/N-ethyl adjacent to an activating group) is 1. The van der Waals surface area contributed by atoms with Crippen LogP contribution in [0.4, 0.5) is 16.4 Å². The monoisotopic (exact) mass is 472 g/mol. The summed E-state index contributed by atoms with van der Waals surface area (Å²) in [6, 6.07) is 17.6. The average molecular weight is 473 g/mol. The van der Waals surface area contributed by atoms with Crippen molar-refractivity contribution in [3.63, 3.8) is 0 Å². The highest BCUT2D eigenvalue weighted by atomic mass is 16.5. The molecule has 3 aromatic heterocycles. The lowest BCUT2D eigenvalue weighted by Crippen LogP contribution is -2.24. The number of nitrogens with zero attached hydrogens (tertiary/aromatic N) is 5. The molecule has 1 aliphatic rings. The van der Waals surface area contributed by atoms with Crippen molar-refractivity contribution in [3.05, 3.63) is 78.1 Å². The normalized spacial score (nSPS) is 15.5. The Balaban J connectivity index is 1.40. The predicted octanol–water partition coefficient (Wildman–Crippen LogP) is 4.18. The summed E-state index contributed by atoms with van der Waals surface area (Å²) in [6.45, 7) is 1.48. The largest absolute Gasteiger partial charge is 0.480 e. The van der Waals surface area contributed by atoms with E-state index in [-0.39, 0.29) is 6.10 Å². The fourth-order valence-corrected chi connectivity index (χ4v) is 4.00. The molecular weight excluding hydrogens is 448 g/mol. The lowest BCUT2D eigenvalue weighted by molar-refractivity contribution is 0.160. The van der Waals surface area contributed by atoms with E-state index in [1.165, 1.54) is 19.5 Å². The first-order chi connectivity index (χ1) is 17.0. The van der Waals surface area contributed by atoms with Crippen molar-refractivity contribution in [1.29, 1.82) is 0 Å². The predicted molar refractivity (Wildman–Crippen MR) is 129 cm³/mol. The molecule has 0 radical (unpaired) electrons. The molecule has 2 N–H and O–H groups in total. The molecule has 10 heteroatoms. The molecule has 0 unspecified atom stereocenters. The Morgan fingerprint density at radius 1 is 1.11 bits per heavy atom. The molecule has 0 amide bonds. The molecule has 0 spiro atoms. The molecule has 0 bridgehead atoms. The van der Waals surface area contributed by atoms with Crippen molar-refractivity contribution in [2.24, 2.45) is 0 Å². The van der Waals surface area contributed by atoms with Gasteiger partial charge in [-0.25, -0.2) is 4.79 Å². The van der Waals surface area contributed by atoms with Gasteiger partial charge in [0.15, 0.2) is 0 Å². The highest BCUT2D eigenvalue weighted by Gasteiger charge is 2.24. The molecule has 178 valence electrons. The molecule has 0 saturated heterocycles. The number of anilines is 2. The molecule has 1 atom stereocenters. The highest BCUT2D eigenvalue weighted by Crippen LogP contribution is 2.32. The quantitative estimate of drug-likeness (QED) is 0.441. The Bertz CT molecular complexity index is 1360. The summed E-state index contributed by atoms with van der Waals surface area (Å²) < 4.78 is 12.6. The molecule has 1 aromatic carbocycles. The second-order valence-electron chi connectivity index (χ2n) is 8.21. The first kappa shape index (κ1) is 22.4. The van der Waals surface area contributed by atoms with Crippen molar-refractivity contribution < 1.29 is 19.4 Å². The van der Waals surface area contributed by atoms with Crippen molar-refractivity contribution in [1.82, 2.24) is 24.6 Å². The summed E-state index contributed by atoms with van der Waals surface area (Å²) >= 11 is 0. The van der Waals surface area contributed by atoms with E-state index < -0.39 is 6.09 Å². The van der Waals surface area contributed by atoms with Gasteiger partial charge in [-0.2, -0.15) is 19.7 Å². The summed E-state index contributed by atoms with van der Waals surface area (Å²) in [7, 11) is 3.57. The summed E-state index contributed by atoms with van der Waals surface area (Å²) in [6.07, 6.45) is 1.56. The van der Waals surface area contributed by atoms with E-state index in [1.54, 1.807) is 12.1 Å². The van der Waals surface area contributed by atoms with Gasteiger partial charge in [0.2, 0.25) is 11.8 Å². The molecule has 35 heavy (non-hydrogen) atoms. The van der Waals surface area contributed by atoms with Crippen LogP contribution in [0.1, 0.15) is 17.2 Å². The van der Waals surface area contributed by atoms with E-state index >= 15 is 0 Å². The number of fused-ring (bicyclic) bond motifs is 1. The lowest BCUT2D eigenvalue weighted by Gasteiger charge is -2.20. The fourth-order valence-electron chi connectivity index (χ4n) is 4.00. The van der Waals surface area contributed by atoms with Crippen LogP contribution < -0.4 is 14.8 Å². The zero-order valence-electron chi connectivity index (χ0n) is 19.3. The standard InChI is InChI=1S/C25H24N6O4/c1-30-13-17-8-10-21(28-23(17)35-20(15-30)16-6-4-3-5-7-16)27-22-11-9-19(24(29-22)34-2)18-12-26-31(14-18)25(32)33/h3-12,14,20H,13,15H2,1-2H3,(H,32,33)(H,27,28,29)/t20-/m0/s1. The third kappa shape index (κ3) is 4.78. The van der Waals surface area contributed by atoms with Crippen molar-refractivity contribution in [2.75, 3.05) is 26.0 Å². The van der Waals surface area contributed by atoms with Gasteiger partial charge < -0.3 is 19.9 Å². The SMILES string of the molecule is COc1nc(Nc2ccc3c(n2)O[C@H](c2ccccc2)CN(C)C3)ccc1-c1cnn(C(=O)O)c1. The Kier molecular flexibility index (Phi) is 6.02. The minimum atomic E-state index is -1.17.